The molecule has 5 aromatic rings. The van der Waals surface area contributed by atoms with Gasteiger partial charge in [0.05, 0.1) is 17.4 Å². The Morgan fingerprint density at radius 2 is 1.94 bits per heavy atom. The predicted octanol–water partition coefficient (Wildman–Crippen LogP) is 4.83. The van der Waals surface area contributed by atoms with Crippen molar-refractivity contribution in [3.63, 3.8) is 0 Å². The third-order valence-corrected chi connectivity index (χ3v) is 5.13. The fourth-order valence-electron chi connectivity index (χ4n) is 3.58. The SMILES string of the molecule is Nc1ncnn2cc(-c3cnco3)c(-c3ccc(NC(=O)Nc4cc(C(F)(F)F)ccn4)c(F)c3)c12. The Kier molecular flexibility index (Phi) is 5.47. The maximum atomic E-state index is 15.0. The normalized spacial score (nSPS) is 11.6. The minimum atomic E-state index is -4.61. The highest BCUT2D eigenvalue weighted by molar-refractivity contribution is 6.00. The topological polar surface area (TPSA) is 136 Å². The van der Waals surface area contributed by atoms with Crippen LogP contribution in [0.25, 0.3) is 28.0 Å². The maximum absolute atomic E-state index is 15.0. The molecule has 0 aliphatic heterocycles. The number of anilines is 3. The number of hydrogen-bond donors (Lipinski definition) is 3. The summed E-state index contributed by atoms with van der Waals surface area (Å²) in [5, 5.41) is 8.53. The zero-order valence-electron chi connectivity index (χ0n) is 17.9. The van der Waals surface area contributed by atoms with E-state index in [2.05, 4.69) is 30.7 Å². The summed E-state index contributed by atoms with van der Waals surface area (Å²) in [4.78, 5) is 23.8. The monoisotopic (exact) mass is 498 g/mol. The van der Waals surface area contributed by atoms with Gasteiger partial charge >= 0.3 is 12.2 Å². The number of hydrogen-bond acceptors (Lipinski definition) is 7. The molecule has 0 saturated heterocycles. The van der Waals surface area contributed by atoms with Crippen molar-refractivity contribution < 1.29 is 26.8 Å². The van der Waals surface area contributed by atoms with Gasteiger partial charge in [-0.3, -0.25) is 5.32 Å². The van der Waals surface area contributed by atoms with Crippen LogP contribution in [0.5, 0.6) is 0 Å². The molecule has 4 aromatic heterocycles. The second-order valence-corrected chi connectivity index (χ2v) is 7.42. The van der Waals surface area contributed by atoms with E-state index in [1.807, 2.05) is 0 Å². The molecule has 36 heavy (non-hydrogen) atoms. The number of oxazole rings is 1. The number of benzene rings is 1. The van der Waals surface area contributed by atoms with E-state index >= 15 is 4.39 Å². The lowest BCUT2D eigenvalue weighted by Gasteiger charge is -2.11. The Labute approximate surface area is 198 Å². The largest absolute Gasteiger partial charge is 0.443 e. The first kappa shape index (κ1) is 22.8. The van der Waals surface area contributed by atoms with E-state index in [9.17, 15) is 18.0 Å². The lowest BCUT2D eigenvalue weighted by atomic mass is 10.0. The van der Waals surface area contributed by atoms with Crippen LogP contribution in [0, 0.1) is 5.82 Å². The summed E-state index contributed by atoms with van der Waals surface area (Å²) in [5.41, 5.74) is 6.59. The molecule has 0 bridgehead atoms. The van der Waals surface area contributed by atoms with Gasteiger partial charge in [-0.25, -0.2) is 28.7 Å². The Morgan fingerprint density at radius 1 is 1.11 bits per heavy atom. The number of carbonyl (C=O) groups excluding carboxylic acids is 1. The fourth-order valence-corrected chi connectivity index (χ4v) is 3.58. The first-order valence-electron chi connectivity index (χ1n) is 10.1. The summed E-state index contributed by atoms with van der Waals surface area (Å²) < 4.78 is 60.5. The van der Waals surface area contributed by atoms with Crippen molar-refractivity contribution in [2.75, 3.05) is 16.4 Å². The number of nitrogens with two attached hydrogens (primary N) is 1. The van der Waals surface area contributed by atoms with Crippen LogP contribution in [0.15, 0.2) is 66.1 Å². The summed E-state index contributed by atoms with van der Waals surface area (Å²) in [6.07, 6.45) is 1.89. The number of amides is 2. The van der Waals surface area contributed by atoms with Gasteiger partial charge in [0.25, 0.3) is 0 Å². The van der Waals surface area contributed by atoms with Crippen LogP contribution in [-0.2, 0) is 6.18 Å². The van der Waals surface area contributed by atoms with Crippen LogP contribution in [0.3, 0.4) is 0 Å². The number of carbonyl (C=O) groups is 1. The summed E-state index contributed by atoms with van der Waals surface area (Å²) in [6, 6.07) is 4.40. The molecule has 0 aliphatic carbocycles. The van der Waals surface area contributed by atoms with Gasteiger partial charge in [-0.2, -0.15) is 18.3 Å². The molecule has 0 saturated carbocycles. The molecule has 0 atom stereocenters. The van der Waals surface area contributed by atoms with Gasteiger partial charge in [-0.05, 0) is 29.8 Å². The van der Waals surface area contributed by atoms with Crippen molar-refractivity contribution >= 4 is 28.9 Å². The number of fused-ring (bicyclic) bond motifs is 1. The van der Waals surface area contributed by atoms with Gasteiger partial charge < -0.3 is 15.5 Å². The van der Waals surface area contributed by atoms with Crippen molar-refractivity contribution in [3.05, 3.63) is 73.0 Å². The van der Waals surface area contributed by atoms with Crippen LogP contribution in [0.1, 0.15) is 5.56 Å². The van der Waals surface area contributed by atoms with E-state index in [1.165, 1.54) is 35.6 Å². The zero-order chi connectivity index (χ0) is 25.4. The van der Waals surface area contributed by atoms with Crippen LogP contribution < -0.4 is 16.4 Å². The average molecular weight is 498 g/mol. The first-order valence-corrected chi connectivity index (χ1v) is 10.1. The number of urea groups is 1. The van der Waals surface area contributed by atoms with Crippen molar-refractivity contribution in [3.8, 4) is 22.5 Å². The Bertz CT molecular complexity index is 1580. The second-order valence-electron chi connectivity index (χ2n) is 7.42. The maximum Gasteiger partial charge on any atom is 0.416 e. The van der Waals surface area contributed by atoms with E-state index in [1.54, 1.807) is 6.20 Å². The smallest absolute Gasteiger partial charge is 0.416 e. The van der Waals surface area contributed by atoms with Crippen LogP contribution in [0.2, 0.25) is 0 Å². The molecule has 1 aromatic carbocycles. The molecule has 0 spiro atoms. The standard InChI is InChI=1S/C22H14F4N8O2/c23-14-5-11(18-13(16-7-28-10-36-16)8-34-19(18)20(27)30-9-31-34)1-2-15(14)32-21(35)33-17-6-12(3-4-29-17)22(24,25)26/h1-10H,(H2,27,30,31)(H2,29,32,33,35). The van der Waals surface area contributed by atoms with Crippen LogP contribution >= 0.6 is 0 Å². The third-order valence-electron chi connectivity index (χ3n) is 5.13. The van der Waals surface area contributed by atoms with Gasteiger partial charge in [0.15, 0.2) is 18.0 Å². The summed E-state index contributed by atoms with van der Waals surface area (Å²) >= 11 is 0. The van der Waals surface area contributed by atoms with Gasteiger partial charge in [0.2, 0.25) is 0 Å². The molecule has 182 valence electrons. The fraction of sp³-hybridized carbons (Fsp3) is 0.0455. The number of nitrogens with one attached hydrogen (secondary N) is 2. The Morgan fingerprint density at radius 3 is 2.67 bits per heavy atom. The second kappa shape index (κ2) is 8.65. The molecule has 10 nitrogen and oxygen atoms in total. The molecular formula is C22H14F4N8O2. The van der Waals surface area contributed by atoms with E-state index in [4.69, 9.17) is 10.2 Å². The van der Waals surface area contributed by atoms with Crippen molar-refractivity contribution in [1.82, 2.24) is 24.6 Å². The molecule has 0 aliphatic rings. The summed E-state index contributed by atoms with van der Waals surface area (Å²) in [6.45, 7) is 0. The van der Waals surface area contributed by atoms with E-state index in [0.717, 1.165) is 18.3 Å². The van der Waals surface area contributed by atoms with Crippen molar-refractivity contribution in [2.45, 2.75) is 6.18 Å². The predicted molar refractivity (Wildman–Crippen MR) is 120 cm³/mol. The molecule has 0 radical (unpaired) electrons. The number of rotatable bonds is 4. The first-order chi connectivity index (χ1) is 17.2. The van der Waals surface area contributed by atoms with Crippen molar-refractivity contribution in [2.24, 2.45) is 0 Å². The third kappa shape index (κ3) is 4.26. The minimum absolute atomic E-state index is 0.140. The number of halogens is 4. The van der Waals surface area contributed by atoms with Gasteiger partial charge in [-0.15, -0.1) is 0 Å². The quantitative estimate of drug-likeness (QED) is 0.302. The number of nitrogens with zero attached hydrogens (tertiary/aromatic N) is 5. The molecule has 0 unspecified atom stereocenters. The zero-order valence-corrected chi connectivity index (χ0v) is 17.9. The van der Waals surface area contributed by atoms with E-state index < -0.39 is 23.6 Å². The lowest BCUT2D eigenvalue weighted by molar-refractivity contribution is -0.137. The summed E-state index contributed by atoms with van der Waals surface area (Å²) in [7, 11) is 0. The number of alkyl halides is 3. The number of pyridine rings is 1. The van der Waals surface area contributed by atoms with Crippen LogP contribution in [-0.4, -0.2) is 30.6 Å². The van der Waals surface area contributed by atoms with Gasteiger partial charge in [0.1, 0.15) is 23.5 Å². The average Bonchev–Trinajstić information content (AvgIpc) is 3.48. The molecule has 4 heterocycles. The summed E-state index contributed by atoms with van der Waals surface area (Å²) in [5.74, 6) is -0.656. The minimum Gasteiger partial charge on any atom is -0.443 e. The van der Waals surface area contributed by atoms with E-state index in [-0.39, 0.29) is 17.3 Å². The Balaban J connectivity index is 1.45. The molecule has 0 fully saturated rings. The number of nitrogen functional groups attached to an aromatic ring is 1. The van der Waals surface area contributed by atoms with E-state index in [0.29, 0.717) is 34.0 Å². The van der Waals surface area contributed by atoms with Gasteiger partial charge in [0, 0.05) is 23.5 Å². The molecule has 2 amide bonds. The highest BCUT2D eigenvalue weighted by atomic mass is 19.4. The van der Waals surface area contributed by atoms with Gasteiger partial charge in [-0.1, -0.05) is 6.07 Å². The van der Waals surface area contributed by atoms with Crippen LogP contribution in [0.4, 0.5) is 39.7 Å². The molecular weight excluding hydrogens is 484 g/mol. The lowest BCUT2D eigenvalue weighted by Crippen LogP contribution is -2.21. The highest BCUT2D eigenvalue weighted by Crippen LogP contribution is 2.39. The Hall–Kier alpha value is -5.01. The highest BCUT2D eigenvalue weighted by Gasteiger charge is 2.31. The molecule has 4 N–H and O–H groups in total. The van der Waals surface area contributed by atoms with Crippen molar-refractivity contribution in [1.29, 1.82) is 0 Å². The molecule has 14 heteroatoms. The number of aromatic nitrogens is 5. The molecule has 5 rings (SSSR count).